The Morgan fingerprint density at radius 1 is 0.418 bits per heavy atom. The van der Waals surface area contributed by atoms with Crippen LogP contribution in [-0.4, -0.2) is 37.2 Å². The molecule has 6 nitrogen and oxygen atoms in total. The van der Waals surface area contributed by atoms with E-state index in [2.05, 4.69) is 87.6 Å². The summed E-state index contributed by atoms with van der Waals surface area (Å²) in [6.45, 7) is 6.16. The second-order valence-electron chi connectivity index (χ2n) is 13.6. The van der Waals surface area contributed by atoms with Gasteiger partial charge in [-0.3, -0.25) is 14.4 Å². The average Bonchev–Trinajstić information content (AvgIpc) is 3.18. The maximum atomic E-state index is 12.6. The fraction of sp³-hybridized carbons (Fsp3) is 0.571. The van der Waals surface area contributed by atoms with Gasteiger partial charge >= 0.3 is 17.9 Å². The number of hydrogen-bond acceptors (Lipinski definition) is 6. The van der Waals surface area contributed by atoms with Crippen LogP contribution in [0.25, 0.3) is 0 Å². The molecule has 0 aliphatic heterocycles. The van der Waals surface area contributed by atoms with Crippen LogP contribution < -0.4 is 0 Å². The molecular weight excluding hydrogens is 685 g/mol. The van der Waals surface area contributed by atoms with E-state index in [0.29, 0.717) is 12.8 Å². The van der Waals surface area contributed by atoms with Crippen LogP contribution in [0.5, 0.6) is 0 Å². The lowest BCUT2D eigenvalue weighted by molar-refractivity contribution is -0.166. The summed E-state index contributed by atoms with van der Waals surface area (Å²) >= 11 is 0. The van der Waals surface area contributed by atoms with Crippen LogP contribution in [0, 0.1) is 0 Å². The van der Waals surface area contributed by atoms with E-state index < -0.39 is 18.0 Å². The predicted molar refractivity (Wildman–Crippen MR) is 233 cm³/mol. The Bertz CT molecular complexity index is 1200. The van der Waals surface area contributed by atoms with E-state index in [0.717, 1.165) is 77.0 Å². The first-order chi connectivity index (χ1) is 27.0. The molecule has 55 heavy (non-hydrogen) atoms. The number of rotatable bonds is 36. The fourth-order valence-electron chi connectivity index (χ4n) is 5.21. The molecule has 0 aliphatic rings. The minimum Gasteiger partial charge on any atom is -0.462 e. The molecule has 0 saturated heterocycles. The molecule has 0 heterocycles. The molecule has 0 aliphatic carbocycles. The standard InChI is InChI=1S/C49H76O6/c1-4-7-10-13-16-19-21-23-24-26-27-30-33-36-39-42-48(51)54-45-46(44-53-47(50)41-38-35-32-29-18-15-12-9-6-3)55-49(52)43-40-37-34-31-28-25-22-20-17-14-11-8-5-2/h7,9-10,12-13,16,18-19,21,23-25,28-29,34-35,37-38,46H,4-6,8,11,14-15,17,20,22,26-27,30-33,36,39-45H2,1-3H3/b10-7-,12-9-,16-13-,21-19-,24-23-,28-25-,29-18-,37-34-,38-35-. The van der Waals surface area contributed by atoms with Gasteiger partial charge in [0.2, 0.25) is 0 Å². The predicted octanol–water partition coefficient (Wildman–Crippen LogP) is 13.6. The van der Waals surface area contributed by atoms with Gasteiger partial charge in [-0.2, -0.15) is 0 Å². The summed E-state index contributed by atoms with van der Waals surface area (Å²) in [7, 11) is 0. The number of carbonyl (C=O) groups excluding carboxylic acids is 3. The van der Waals surface area contributed by atoms with Gasteiger partial charge in [0.25, 0.3) is 0 Å². The Morgan fingerprint density at radius 3 is 1.56 bits per heavy atom. The molecule has 6 heteroatoms. The Labute approximate surface area is 336 Å². The van der Waals surface area contributed by atoms with E-state index in [1.807, 2.05) is 36.5 Å². The average molecular weight is 761 g/mol. The lowest BCUT2D eigenvalue weighted by atomic mass is 10.1. The summed E-state index contributed by atoms with van der Waals surface area (Å²) < 4.78 is 16.5. The highest BCUT2D eigenvalue weighted by atomic mass is 16.6. The Hall–Kier alpha value is -3.93. The zero-order chi connectivity index (χ0) is 40.1. The molecule has 0 saturated carbocycles. The highest BCUT2D eigenvalue weighted by Gasteiger charge is 2.19. The lowest BCUT2D eigenvalue weighted by Crippen LogP contribution is -2.30. The van der Waals surface area contributed by atoms with E-state index in [1.54, 1.807) is 6.08 Å². The summed E-state index contributed by atoms with van der Waals surface area (Å²) in [4.78, 5) is 37.5. The molecule has 0 aromatic carbocycles. The van der Waals surface area contributed by atoms with E-state index in [9.17, 15) is 14.4 Å². The molecule has 0 rings (SSSR count). The lowest BCUT2D eigenvalue weighted by Gasteiger charge is -2.18. The Balaban J connectivity index is 4.58. The van der Waals surface area contributed by atoms with Crippen molar-refractivity contribution in [3.8, 4) is 0 Å². The summed E-state index contributed by atoms with van der Waals surface area (Å²) in [5, 5.41) is 0. The highest BCUT2D eigenvalue weighted by molar-refractivity contribution is 5.72. The molecule has 0 bridgehead atoms. The second kappa shape index (κ2) is 42.8. The smallest absolute Gasteiger partial charge is 0.309 e. The fourth-order valence-corrected chi connectivity index (χ4v) is 5.21. The summed E-state index contributed by atoms with van der Waals surface area (Å²) in [5.74, 6) is -1.18. The molecule has 0 spiro atoms. The molecule has 0 N–H and O–H groups in total. The van der Waals surface area contributed by atoms with Crippen molar-refractivity contribution in [3.05, 3.63) is 109 Å². The Morgan fingerprint density at radius 2 is 0.909 bits per heavy atom. The van der Waals surface area contributed by atoms with Crippen LogP contribution in [0.15, 0.2) is 109 Å². The minimum atomic E-state index is -0.853. The SMILES string of the molecule is CC\C=C/C=C\C=C/C=C\CCCCCCCC(=O)OCC(COC(=O)C/C=C\C/C=C\C/C=C\CC)OC(=O)CC/C=C\C/C=C\CCCCCCCC. The van der Waals surface area contributed by atoms with Crippen LogP contribution in [0.1, 0.15) is 162 Å². The van der Waals surface area contributed by atoms with Crippen molar-refractivity contribution in [2.75, 3.05) is 13.2 Å². The van der Waals surface area contributed by atoms with Gasteiger partial charge in [0.15, 0.2) is 6.10 Å². The van der Waals surface area contributed by atoms with Crippen molar-refractivity contribution in [1.29, 1.82) is 0 Å². The van der Waals surface area contributed by atoms with Crippen LogP contribution in [-0.2, 0) is 28.6 Å². The molecule has 1 atom stereocenters. The van der Waals surface area contributed by atoms with E-state index in [4.69, 9.17) is 14.2 Å². The van der Waals surface area contributed by atoms with Gasteiger partial charge < -0.3 is 14.2 Å². The van der Waals surface area contributed by atoms with Crippen molar-refractivity contribution in [1.82, 2.24) is 0 Å². The minimum absolute atomic E-state index is 0.115. The van der Waals surface area contributed by atoms with Gasteiger partial charge in [-0.25, -0.2) is 0 Å². The second-order valence-corrected chi connectivity index (χ2v) is 13.6. The largest absolute Gasteiger partial charge is 0.462 e. The molecule has 308 valence electrons. The van der Waals surface area contributed by atoms with Gasteiger partial charge in [0.1, 0.15) is 13.2 Å². The topological polar surface area (TPSA) is 78.9 Å². The molecule has 0 aromatic rings. The van der Waals surface area contributed by atoms with Crippen molar-refractivity contribution in [2.45, 2.75) is 168 Å². The van der Waals surface area contributed by atoms with Crippen LogP contribution >= 0.6 is 0 Å². The van der Waals surface area contributed by atoms with Gasteiger partial charge in [0.05, 0.1) is 6.42 Å². The number of unbranched alkanes of at least 4 members (excludes halogenated alkanes) is 11. The van der Waals surface area contributed by atoms with Crippen LogP contribution in [0.3, 0.4) is 0 Å². The first-order valence-electron chi connectivity index (χ1n) is 21.4. The molecule has 1 unspecified atom stereocenters. The number of esters is 3. The van der Waals surface area contributed by atoms with Gasteiger partial charge in [-0.1, -0.05) is 182 Å². The third-order valence-electron chi connectivity index (χ3n) is 8.38. The number of allylic oxidation sites excluding steroid dienone is 17. The van der Waals surface area contributed by atoms with Crippen LogP contribution in [0.4, 0.5) is 0 Å². The summed E-state index contributed by atoms with van der Waals surface area (Å²) in [6.07, 6.45) is 56.9. The van der Waals surface area contributed by atoms with E-state index in [-0.39, 0.29) is 32.0 Å². The summed E-state index contributed by atoms with van der Waals surface area (Å²) in [5.41, 5.74) is 0. The van der Waals surface area contributed by atoms with Crippen molar-refractivity contribution in [3.63, 3.8) is 0 Å². The van der Waals surface area contributed by atoms with Crippen molar-refractivity contribution < 1.29 is 28.6 Å². The zero-order valence-electron chi connectivity index (χ0n) is 34.9. The summed E-state index contributed by atoms with van der Waals surface area (Å²) in [6, 6.07) is 0. The molecule has 0 fully saturated rings. The molecular formula is C49H76O6. The molecule has 0 amide bonds. The molecule has 0 radical (unpaired) electrons. The first-order valence-corrected chi connectivity index (χ1v) is 21.4. The van der Waals surface area contributed by atoms with Crippen molar-refractivity contribution in [2.24, 2.45) is 0 Å². The monoisotopic (exact) mass is 761 g/mol. The van der Waals surface area contributed by atoms with E-state index in [1.165, 1.54) is 38.5 Å². The highest BCUT2D eigenvalue weighted by Crippen LogP contribution is 2.10. The van der Waals surface area contributed by atoms with Gasteiger partial charge in [0, 0.05) is 12.8 Å². The van der Waals surface area contributed by atoms with Crippen molar-refractivity contribution >= 4 is 17.9 Å². The maximum absolute atomic E-state index is 12.6. The third kappa shape index (κ3) is 41.1. The van der Waals surface area contributed by atoms with Gasteiger partial charge in [-0.05, 0) is 70.6 Å². The normalized spacial score (nSPS) is 13.1. The van der Waals surface area contributed by atoms with Crippen LogP contribution in [0.2, 0.25) is 0 Å². The van der Waals surface area contributed by atoms with E-state index >= 15 is 0 Å². The quantitative estimate of drug-likeness (QED) is 0.0208. The zero-order valence-corrected chi connectivity index (χ0v) is 34.9. The number of carbonyl (C=O) groups is 3. The molecule has 0 aromatic heterocycles. The Kier molecular flexibility index (Phi) is 39.7. The number of ether oxygens (including phenoxy) is 3. The maximum Gasteiger partial charge on any atom is 0.309 e. The van der Waals surface area contributed by atoms with Gasteiger partial charge in [-0.15, -0.1) is 0 Å². The third-order valence-corrected chi connectivity index (χ3v) is 8.38. The number of hydrogen-bond donors (Lipinski definition) is 0. The first kappa shape index (κ1) is 51.1.